The van der Waals surface area contributed by atoms with Gasteiger partial charge in [0.1, 0.15) is 5.69 Å². The van der Waals surface area contributed by atoms with Crippen LogP contribution in [0.2, 0.25) is 0 Å². The van der Waals surface area contributed by atoms with Crippen LogP contribution in [0.1, 0.15) is 19.4 Å². The van der Waals surface area contributed by atoms with Gasteiger partial charge in [0.2, 0.25) is 0 Å². The van der Waals surface area contributed by atoms with Gasteiger partial charge in [-0.3, -0.25) is 16.0 Å². The van der Waals surface area contributed by atoms with Gasteiger partial charge in [-0.05, 0) is 18.6 Å². The summed E-state index contributed by atoms with van der Waals surface area (Å²) in [4.78, 5) is 10.4. The number of aliphatic hydroxyl groups excluding tert-OH is 1. The monoisotopic (exact) mass is 271 g/mol. The van der Waals surface area contributed by atoms with Crippen LogP contribution in [0.15, 0.2) is 18.2 Å². The maximum Gasteiger partial charge on any atom is 0.293 e. The number of thioether (sulfide) groups is 1. The number of hydrazine groups is 1. The van der Waals surface area contributed by atoms with Crippen molar-refractivity contribution in [2.45, 2.75) is 31.0 Å². The summed E-state index contributed by atoms with van der Waals surface area (Å²) in [6, 6.07) is 4.86. The summed E-state index contributed by atoms with van der Waals surface area (Å²) in [5, 5.41) is 20.3. The van der Waals surface area contributed by atoms with Crippen molar-refractivity contribution < 1.29 is 10.0 Å². The molecule has 6 nitrogen and oxygen atoms in total. The minimum Gasteiger partial charge on any atom is -0.392 e. The number of hydrogen-bond acceptors (Lipinski definition) is 6. The van der Waals surface area contributed by atoms with Gasteiger partial charge in [-0.15, -0.1) is 0 Å². The third-order valence-electron chi connectivity index (χ3n) is 2.61. The van der Waals surface area contributed by atoms with Crippen LogP contribution in [-0.2, 0) is 5.75 Å². The molecule has 4 N–H and O–H groups in total. The molecule has 0 saturated carbocycles. The molecule has 0 bridgehead atoms. The van der Waals surface area contributed by atoms with Crippen LogP contribution in [0.4, 0.5) is 11.4 Å². The summed E-state index contributed by atoms with van der Waals surface area (Å²) in [5.41, 5.74) is 3.38. The number of nitrogens with one attached hydrogen (secondary N) is 1. The van der Waals surface area contributed by atoms with Crippen molar-refractivity contribution in [1.29, 1.82) is 0 Å². The predicted octanol–water partition coefficient (Wildman–Crippen LogP) is 1.88. The second kappa shape index (κ2) is 6.58. The lowest BCUT2D eigenvalue weighted by Crippen LogP contribution is -2.15. The SMILES string of the molecule is CC(O)C(C)SCc1ccc(NN)c([N+](=O)[O-])c1. The molecule has 1 aromatic rings. The molecule has 18 heavy (non-hydrogen) atoms. The van der Waals surface area contributed by atoms with Crippen molar-refractivity contribution in [3.8, 4) is 0 Å². The fraction of sp³-hybridized carbons (Fsp3) is 0.455. The molecular formula is C11H17N3O3S. The Morgan fingerprint density at radius 3 is 2.72 bits per heavy atom. The Hall–Kier alpha value is -1.31. The lowest BCUT2D eigenvalue weighted by atomic mass is 10.2. The van der Waals surface area contributed by atoms with Gasteiger partial charge < -0.3 is 10.5 Å². The summed E-state index contributed by atoms with van der Waals surface area (Å²) in [6.45, 7) is 3.64. The minimum atomic E-state index is -0.471. The van der Waals surface area contributed by atoms with Crippen LogP contribution in [0.5, 0.6) is 0 Å². The first-order valence-electron chi connectivity index (χ1n) is 5.49. The lowest BCUT2D eigenvalue weighted by molar-refractivity contribution is -0.384. The molecule has 0 fully saturated rings. The zero-order valence-corrected chi connectivity index (χ0v) is 11.1. The largest absolute Gasteiger partial charge is 0.392 e. The zero-order valence-electron chi connectivity index (χ0n) is 10.3. The minimum absolute atomic E-state index is 0.0414. The van der Waals surface area contributed by atoms with Crippen molar-refractivity contribution in [3.63, 3.8) is 0 Å². The molecule has 0 saturated heterocycles. The number of nitro groups is 1. The molecule has 0 amide bonds. The standard InChI is InChI=1S/C11H17N3O3S/c1-7(15)8(2)18-6-9-3-4-10(13-12)11(5-9)14(16)17/h3-5,7-8,13,15H,6,12H2,1-2H3. The molecule has 7 heteroatoms. The van der Waals surface area contributed by atoms with Crippen LogP contribution < -0.4 is 11.3 Å². The number of nitrogens with zero attached hydrogens (tertiary/aromatic N) is 1. The Morgan fingerprint density at radius 1 is 1.56 bits per heavy atom. The van der Waals surface area contributed by atoms with Crippen molar-refractivity contribution in [1.82, 2.24) is 0 Å². The van der Waals surface area contributed by atoms with Gasteiger partial charge in [-0.25, -0.2) is 0 Å². The van der Waals surface area contributed by atoms with Crippen molar-refractivity contribution in [2.75, 3.05) is 5.43 Å². The number of rotatable bonds is 6. The number of anilines is 1. The van der Waals surface area contributed by atoms with Gasteiger partial charge >= 0.3 is 0 Å². The molecule has 0 aromatic heterocycles. The van der Waals surface area contributed by atoms with Crippen LogP contribution in [-0.4, -0.2) is 21.4 Å². The Bertz CT molecular complexity index is 426. The van der Waals surface area contributed by atoms with Gasteiger partial charge in [0.25, 0.3) is 5.69 Å². The molecule has 0 aliphatic heterocycles. The fourth-order valence-electron chi connectivity index (χ4n) is 1.31. The first kappa shape index (κ1) is 14.7. The molecule has 1 aromatic carbocycles. The Labute approximate surface area is 110 Å². The third kappa shape index (κ3) is 3.86. The molecule has 0 spiro atoms. The average molecular weight is 271 g/mol. The highest BCUT2D eigenvalue weighted by molar-refractivity contribution is 7.99. The molecular weight excluding hydrogens is 254 g/mol. The van der Waals surface area contributed by atoms with Gasteiger partial charge in [0.05, 0.1) is 11.0 Å². The molecule has 1 rings (SSSR count). The van der Waals surface area contributed by atoms with Crippen LogP contribution in [0, 0.1) is 10.1 Å². The second-order valence-corrected chi connectivity index (χ2v) is 5.38. The smallest absolute Gasteiger partial charge is 0.293 e. The number of benzene rings is 1. The first-order chi connectivity index (χ1) is 8.45. The van der Waals surface area contributed by atoms with E-state index in [1.165, 1.54) is 6.07 Å². The second-order valence-electron chi connectivity index (χ2n) is 4.01. The molecule has 0 heterocycles. The van der Waals surface area contributed by atoms with Crippen molar-refractivity contribution >= 4 is 23.1 Å². The normalized spacial score (nSPS) is 14.0. The summed E-state index contributed by atoms with van der Waals surface area (Å²) in [5.74, 6) is 5.82. The van der Waals surface area contributed by atoms with E-state index >= 15 is 0 Å². The summed E-state index contributed by atoms with van der Waals surface area (Å²) < 4.78 is 0. The quantitative estimate of drug-likeness (QED) is 0.415. The third-order valence-corrected chi connectivity index (χ3v) is 4.03. The Kier molecular flexibility index (Phi) is 5.39. The number of nitro benzene ring substituents is 1. The molecule has 0 radical (unpaired) electrons. The van der Waals surface area contributed by atoms with E-state index in [9.17, 15) is 15.2 Å². The van der Waals surface area contributed by atoms with Crippen LogP contribution >= 0.6 is 11.8 Å². The van der Waals surface area contributed by atoms with Crippen LogP contribution in [0.25, 0.3) is 0 Å². The maximum absolute atomic E-state index is 10.8. The Morgan fingerprint density at radius 2 is 2.22 bits per heavy atom. The highest BCUT2D eigenvalue weighted by Crippen LogP contribution is 2.28. The molecule has 2 atom stereocenters. The zero-order chi connectivity index (χ0) is 13.7. The fourth-order valence-corrected chi connectivity index (χ4v) is 2.22. The first-order valence-corrected chi connectivity index (χ1v) is 6.54. The number of nitrogens with two attached hydrogens (primary N) is 1. The van der Waals surface area contributed by atoms with Gasteiger partial charge in [-0.1, -0.05) is 13.0 Å². The van der Waals surface area contributed by atoms with E-state index in [-0.39, 0.29) is 16.6 Å². The van der Waals surface area contributed by atoms with Crippen LogP contribution in [0.3, 0.4) is 0 Å². The van der Waals surface area contributed by atoms with Crippen molar-refractivity contribution in [3.05, 3.63) is 33.9 Å². The Balaban J connectivity index is 2.79. The summed E-state index contributed by atoms with van der Waals surface area (Å²) in [6.07, 6.45) is -0.407. The number of nitrogen functional groups attached to an aromatic ring is 1. The average Bonchev–Trinajstić information content (AvgIpc) is 2.35. The lowest BCUT2D eigenvalue weighted by Gasteiger charge is -2.14. The molecule has 0 aliphatic carbocycles. The van der Waals surface area contributed by atoms with Gasteiger partial charge in [0.15, 0.2) is 0 Å². The van der Waals surface area contributed by atoms with Gasteiger partial charge in [-0.2, -0.15) is 11.8 Å². The highest BCUT2D eigenvalue weighted by atomic mass is 32.2. The van der Waals surface area contributed by atoms with Gasteiger partial charge in [0, 0.05) is 17.1 Å². The van der Waals surface area contributed by atoms with E-state index in [0.29, 0.717) is 5.75 Å². The molecule has 100 valence electrons. The molecule has 2 unspecified atom stereocenters. The summed E-state index contributed by atoms with van der Waals surface area (Å²) >= 11 is 1.55. The summed E-state index contributed by atoms with van der Waals surface area (Å²) in [7, 11) is 0. The maximum atomic E-state index is 10.8. The predicted molar refractivity (Wildman–Crippen MR) is 73.3 cm³/mol. The topological polar surface area (TPSA) is 101 Å². The van der Waals surface area contributed by atoms with E-state index in [1.807, 2.05) is 6.92 Å². The molecule has 0 aliphatic rings. The van der Waals surface area contributed by atoms with E-state index in [4.69, 9.17) is 5.84 Å². The van der Waals surface area contributed by atoms with E-state index in [0.717, 1.165) is 5.56 Å². The van der Waals surface area contributed by atoms with Crippen molar-refractivity contribution in [2.24, 2.45) is 5.84 Å². The number of hydrogen-bond donors (Lipinski definition) is 3. The van der Waals surface area contributed by atoms with E-state index < -0.39 is 11.0 Å². The van der Waals surface area contributed by atoms with E-state index in [2.05, 4.69) is 5.43 Å². The number of aliphatic hydroxyl groups is 1. The van der Waals surface area contributed by atoms with E-state index in [1.54, 1.807) is 30.8 Å². The highest BCUT2D eigenvalue weighted by Gasteiger charge is 2.15.